The Bertz CT molecular complexity index is 594. The van der Waals surface area contributed by atoms with Crippen LogP contribution in [0, 0.1) is 0 Å². The van der Waals surface area contributed by atoms with E-state index in [4.69, 9.17) is 4.74 Å². The molecule has 18 heavy (non-hydrogen) atoms. The summed E-state index contributed by atoms with van der Waals surface area (Å²) >= 11 is 3.37. The van der Waals surface area contributed by atoms with E-state index in [1.54, 1.807) is 11.4 Å². The zero-order valence-corrected chi connectivity index (χ0v) is 11.9. The molecule has 2 aromatic heterocycles. The summed E-state index contributed by atoms with van der Waals surface area (Å²) in [5.74, 6) is 0.187. The molecule has 0 saturated heterocycles. The van der Waals surface area contributed by atoms with Gasteiger partial charge in [-0.1, -0.05) is 0 Å². The van der Waals surface area contributed by atoms with E-state index in [1.807, 2.05) is 31.1 Å². The van der Waals surface area contributed by atoms with Crippen molar-refractivity contribution in [2.45, 2.75) is 6.92 Å². The molecule has 6 nitrogen and oxygen atoms in total. The highest BCUT2D eigenvalue weighted by molar-refractivity contribution is 9.10. The summed E-state index contributed by atoms with van der Waals surface area (Å²) in [4.78, 5) is 17.8. The van der Waals surface area contributed by atoms with Crippen molar-refractivity contribution < 1.29 is 9.53 Å². The Kier molecular flexibility index (Phi) is 3.51. The van der Waals surface area contributed by atoms with Crippen LogP contribution in [0.15, 0.2) is 16.7 Å². The predicted octanol–water partition coefficient (Wildman–Crippen LogP) is 1.73. The molecule has 0 fully saturated rings. The molecule has 96 valence electrons. The van der Waals surface area contributed by atoms with Crippen molar-refractivity contribution in [3.8, 4) is 0 Å². The Morgan fingerprint density at radius 3 is 2.83 bits per heavy atom. The van der Waals surface area contributed by atoms with Crippen molar-refractivity contribution in [1.82, 2.24) is 14.6 Å². The Morgan fingerprint density at radius 2 is 2.22 bits per heavy atom. The molecule has 0 aromatic carbocycles. The fourth-order valence-corrected chi connectivity index (χ4v) is 1.96. The van der Waals surface area contributed by atoms with Crippen LogP contribution in [-0.2, 0) is 4.74 Å². The molecule has 2 heterocycles. The van der Waals surface area contributed by atoms with Gasteiger partial charge < -0.3 is 9.64 Å². The van der Waals surface area contributed by atoms with Gasteiger partial charge >= 0.3 is 5.97 Å². The molecule has 0 saturated carbocycles. The number of ether oxygens (including phenoxy) is 1. The van der Waals surface area contributed by atoms with Crippen molar-refractivity contribution in [3.05, 3.63) is 22.6 Å². The number of rotatable bonds is 3. The molecule has 0 radical (unpaired) electrons. The summed E-state index contributed by atoms with van der Waals surface area (Å²) in [6, 6.07) is 3.74. The van der Waals surface area contributed by atoms with Crippen LogP contribution in [0.1, 0.15) is 17.5 Å². The van der Waals surface area contributed by atoms with E-state index in [0.717, 1.165) is 10.1 Å². The third-order valence-corrected chi connectivity index (χ3v) is 2.93. The molecule has 0 bridgehead atoms. The highest BCUT2D eigenvalue weighted by Gasteiger charge is 2.17. The standard InChI is InChI=1S/C11H13BrN4O2/c1-4-18-11(17)9-13-10(15(2)3)7-5-6-8(12)16(7)14-9/h5-6H,4H2,1-3H3. The van der Waals surface area contributed by atoms with Crippen molar-refractivity contribution >= 4 is 33.2 Å². The van der Waals surface area contributed by atoms with Crippen LogP contribution in [-0.4, -0.2) is 41.3 Å². The minimum Gasteiger partial charge on any atom is -0.460 e. The maximum Gasteiger partial charge on any atom is 0.378 e. The van der Waals surface area contributed by atoms with Gasteiger partial charge in [0.25, 0.3) is 5.82 Å². The molecule has 0 N–H and O–H groups in total. The lowest BCUT2D eigenvalue weighted by Crippen LogP contribution is -2.18. The molecule has 0 aliphatic carbocycles. The molecule has 0 aliphatic rings. The van der Waals surface area contributed by atoms with Gasteiger partial charge in [-0.3, -0.25) is 0 Å². The van der Waals surface area contributed by atoms with Gasteiger partial charge in [0.05, 0.1) is 6.61 Å². The van der Waals surface area contributed by atoms with Gasteiger partial charge in [-0.2, -0.15) is 0 Å². The summed E-state index contributed by atoms with van der Waals surface area (Å²) in [7, 11) is 3.72. The third kappa shape index (κ3) is 2.17. The fraction of sp³-hybridized carbons (Fsp3) is 0.364. The monoisotopic (exact) mass is 312 g/mol. The molecule has 2 aromatic rings. The summed E-state index contributed by atoms with van der Waals surface area (Å²) in [6.45, 7) is 2.04. The van der Waals surface area contributed by atoms with E-state index in [0.29, 0.717) is 12.4 Å². The molecule has 0 spiro atoms. The number of aromatic nitrogens is 3. The average molecular weight is 313 g/mol. The molecule has 2 rings (SSSR count). The van der Waals surface area contributed by atoms with Gasteiger partial charge in [0.2, 0.25) is 0 Å². The van der Waals surface area contributed by atoms with Gasteiger partial charge in [0.15, 0.2) is 5.82 Å². The first kappa shape index (κ1) is 12.8. The molecule has 7 heteroatoms. The minimum atomic E-state index is -0.525. The van der Waals surface area contributed by atoms with Gasteiger partial charge in [0, 0.05) is 14.1 Å². The van der Waals surface area contributed by atoms with Crippen molar-refractivity contribution in [3.63, 3.8) is 0 Å². The number of esters is 1. The van der Waals surface area contributed by atoms with Crippen LogP contribution < -0.4 is 4.90 Å². The van der Waals surface area contributed by atoms with Gasteiger partial charge in [-0.15, -0.1) is 5.10 Å². The van der Waals surface area contributed by atoms with Crippen LogP contribution in [0.25, 0.3) is 5.52 Å². The van der Waals surface area contributed by atoms with Crippen molar-refractivity contribution in [2.24, 2.45) is 0 Å². The van der Waals surface area contributed by atoms with E-state index >= 15 is 0 Å². The first-order chi connectivity index (χ1) is 8.54. The SMILES string of the molecule is CCOC(=O)c1nc(N(C)C)c2ccc(Br)n2n1. The second kappa shape index (κ2) is 4.93. The Morgan fingerprint density at radius 1 is 1.50 bits per heavy atom. The number of anilines is 1. The van der Waals surface area contributed by atoms with E-state index in [1.165, 1.54) is 0 Å². The topological polar surface area (TPSA) is 59.7 Å². The first-order valence-electron chi connectivity index (χ1n) is 5.44. The highest BCUT2D eigenvalue weighted by atomic mass is 79.9. The lowest BCUT2D eigenvalue weighted by atomic mass is 10.4. The number of carbonyl (C=O) groups excluding carboxylic acids is 1. The fourth-order valence-electron chi connectivity index (χ4n) is 1.56. The van der Waals surface area contributed by atoms with Gasteiger partial charge in [0.1, 0.15) is 10.1 Å². The van der Waals surface area contributed by atoms with Gasteiger partial charge in [-0.25, -0.2) is 14.3 Å². The molecule has 0 aliphatic heterocycles. The lowest BCUT2D eigenvalue weighted by Gasteiger charge is -2.13. The predicted molar refractivity (Wildman–Crippen MR) is 71.0 cm³/mol. The molecule has 0 atom stereocenters. The number of hydrogen-bond donors (Lipinski definition) is 0. The van der Waals surface area contributed by atoms with Crippen LogP contribution in [0.4, 0.5) is 5.82 Å². The molecule has 0 unspecified atom stereocenters. The van der Waals surface area contributed by atoms with E-state index in [9.17, 15) is 4.79 Å². The number of halogens is 1. The number of nitrogens with zero attached hydrogens (tertiary/aromatic N) is 4. The normalized spacial score (nSPS) is 10.7. The Balaban J connectivity index is 2.62. The second-order valence-electron chi connectivity index (χ2n) is 3.83. The van der Waals surface area contributed by atoms with Crippen LogP contribution in [0.2, 0.25) is 0 Å². The quantitative estimate of drug-likeness (QED) is 0.808. The minimum absolute atomic E-state index is 0.0463. The van der Waals surface area contributed by atoms with Crippen LogP contribution in [0.3, 0.4) is 0 Å². The number of hydrogen-bond acceptors (Lipinski definition) is 5. The van der Waals surface area contributed by atoms with E-state index in [2.05, 4.69) is 26.0 Å². The van der Waals surface area contributed by atoms with Crippen molar-refractivity contribution in [1.29, 1.82) is 0 Å². The zero-order valence-electron chi connectivity index (χ0n) is 10.3. The summed E-state index contributed by atoms with van der Waals surface area (Å²) in [5, 5.41) is 4.15. The van der Waals surface area contributed by atoms with Gasteiger partial charge in [-0.05, 0) is 35.0 Å². The number of carbonyl (C=O) groups is 1. The third-order valence-electron chi connectivity index (χ3n) is 2.33. The second-order valence-corrected chi connectivity index (χ2v) is 4.64. The summed E-state index contributed by atoms with van der Waals surface area (Å²) < 4.78 is 7.29. The maximum absolute atomic E-state index is 11.7. The summed E-state index contributed by atoms with van der Waals surface area (Å²) in [6.07, 6.45) is 0. The van der Waals surface area contributed by atoms with Crippen molar-refractivity contribution in [2.75, 3.05) is 25.6 Å². The largest absolute Gasteiger partial charge is 0.460 e. The molecular formula is C11H13BrN4O2. The van der Waals surface area contributed by atoms with E-state index < -0.39 is 5.97 Å². The smallest absolute Gasteiger partial charge is 0.378 e. The maximum atomic E-state index is 11.7. The van der Waals surface area contributed by atoms with E-state index in [-0.39, 0.29) is 5.82 Å². The summed E-state index contributed by atoms with van der Waals surface area (Å²) in [5.41, 5.74) is 0.819. The highest BCUT2D eigenvalue weighted by Crippen LogP contribution is 2.22. The average Bonchev–Trinajstić information content (AvgIpc) is 2.70. The zero-order chi connectivity index (χ0) is 13.3. The first-order valence-corrected chi connectivity index (χ1v) is 6.23. The van der Waals surface area contributed by atoms with Crippen LogP contribution >= 0.6 is 15.9 Å². The Labute approximate surface area is 113 Å². The van der Waals surface area contributed by atoms with Crippen LogP contribution in [0.5, 0.6) is 0 Å². The Hall–Kier alpha value is -1.63. The lowest BCUT2D eigenvalue weighted by molar-refractivity contribution is 0.0510. The number of fused-ring (bicyclic) bond motifs is 1. The molecule has 0 amide bonds. The molecular weight excluding hydrogens is 300 g/mol.